The van der Waals surface area contributed by atoms with Crippen LogP contribution in [0.15, 0.2) is 48.8 Å². The number of ether oxygens (including phenoxy) is 1. The predicted octanol–water partition coefficient (Wildman–Crippen LogP) is 5.15. The molecule has 4 aromatic rings. The van der Waals surface area contributed by atoms with Gasteiger partial charge in [0.15, 0.2) is 0 Å². The van der Waals surface area contributed by atoms with Crippen LogP contribution >= 0.6 is 11.6 Å². The largest absolute Gasteiger partial charge is 0.433 e. The van der Waals surface area contributed by atoms with Crippen molar-refractivity contribution in [3.05, 3.63) is 76.3 Å². The quantitative estimate of drug-likeness (QED) is 0.398. The van der Waals surface area contributed by atoms with E-state index in [0.717, 1.165) is 58.8 Å². The molecule has 190 valence electrons. The molecular formula is C26H22ClF3N6O. The number of fused-ring (bicyclic) bond motifs is 5. The summed E-state index contributed by atoms with van der Waals surface area (Å²) in [4.78, 5) is 20.5. The molecule has 7 nitrogen and oxygen atoms in total. The highest BCUT2D eigenvalue weighted by Crippen LogP contribution is 2.41. The molecule has 1 unspecified atom stereocenters. The first-order valence-corrected chi connectivity index (χ1v) is 12.5. The number of morpholine rings is 1. The first-order valence-electron chi connectivity index (χ1n) is 12.2. The van der Waals surface area contributed by atoms with Gasteiger partial charge in [-0.2, -0.15) is 13.2 Å². The Morgan fingerprint density at radius 1 is 1.08 bits per heavy atom. The van der Waals surface area contributed by atoms with Gasteiger partial charge in [0.2, 0.25) is 5.95 Å². The van der Waals surface area contributed by atoms with Gasteiger partial charge in [-0.05, 0) is 54.3 Å². The number of rotatable bonds is 3. The molecule has 6 heterocycles. The van der Waals surface area contributed by atoms with Gasteiger partial charge in [0.05, 0.1) is 24.8 Å². The Morgan fingerprint density at radius 2 is 1.97 bits per heavy atom. The topological polar surface area (TPSA) is 70.2 Å². The van der Waals surface area contributed by atoms with Crippen LogP contribution in [0, 0.1) is 0 Å². The monoisotopic (exact) mass is 526 g/mol. The number of benzene rings is 1. The van der Waals surface area contributed by atoms with Gasteiger partial charge >= 0.3 is 6.18 Å². The fourth-order valence-corrected chi connectivity index (χ4v) is 6.05. The summed E-state index contributed by atoms with van der Waals surface area (Å²) in [6.45, 7) is 1.96. The number of hydrogen-bond donors (Lipinski definition) is 1. The molecule has 37 heavy (non-hydrogen) atoms. The van der Waals surface area contributed by atoms with E-state index in [1.807, 2.05) is 35.2 Å². The molecule has 2 saturated heterocycles. The van der Waals surface area contributed by atoms with Crippen molar-refractivity contribution in [1.29, 1.82) is 0 Å². The molecule has 3 aliphatic rings. The second-order valence-corrected chi connectivity index (χ2v) is 10.2. The molecule has 7 rings (SSSR count). The third-order valence-corrected chi connectivity index (χ3v) is 7.80. The molecule has 2 fully saturated rings. The van der Waals surface area contributed by atoms with Gasteiger partial charge in [-0.1, -0.05) is 17.7 Å². The van der Waals surface area contributed by atoms with Crippen LogP contribution in [0.1, 0.15) is 35.0 Å². The van der Waals surface area contributed by atoms with Crippen LogP contribution in [0.3, 0.4) is 0 Å². The van der Waals surface area contributed by atoms with Crippen LogP contribution < -0.4 is 9.80 Å². The summed E-state index contributed by atoms with van der Waals surface area (Å²) in [5.74, 6) is 0.904. The van der Waals surface area contributed by atoms with Crippen LogP contribution in [0.5, 0.6) is 0 Å². The van der Waals surface area contributed by atoms with Crippen molar-refractivity contribution in [2.45, 2.75) is 37.2 Å². The summed E-state index contributed by atoms with van der Waals surface area (Å²) in [7, 11) is 0. The van der Waals surface area contributed by atoms with Crippen molar-refractivity contribution in [3.63, 3.8) is 0 Å². The Bertz CT molecular complexity index is 1490. The fourth-order valence-electron chi connectivity index (χ4n) is 5.88. The van der Waals surface area contributed by atoms with E-state index in [2.05, 4.69) is 19.9 Å². The predicted molar refractivity (Wildman–Crippen MR) is 133 cm³/mol. The van der Waals surface area contributed by atoms with Gasteiger partial charge in [-0.15, -0.1) is 0 Å². The Labute approximate surface area is 215 Å². The molecule has 0 amide bonds. The van der Waals surface area contributed by atoms with Crippen molar-refractivity contribution in [2.24, 2.45) is 0 Å². The fraction of sp³-hybridized carbons (Fsp3) is 0.346. The van der Waals surface area contributed by atoms with E-state index in [0.29, 0.717) is 30.6 Å². The van der Waals surface area contributed by atoms with Gasteiger partial charge in [0, 0.05) is 47.1 Å². The SMILES string of the molecule is FC(F)(F)c1ccnc(N2CCc3c([nH]c4ccc(Cl)cc34)C2c2ccc(N3C[C@@H]4C[C@H]3CO4)nc2)n1. The van der Waals surface area contributed by atoms with Gasteiger partial charge in [-0.25, -0.2) is 15.0 Å². The lowest BCUT2D eigenvalue weighted by molar-refractivity contribution is -0.141. The number of anilines is 2. The first-order chi connectivity index (χ1) is 17.8. The summed E-state index contributed by atoms with van der Waals surface area (Å²) in [6, 6.07) is 10.4. The summed E-state index contributed by atoms with van der Waals surface area (Å²) in [5.41, 5.74) is 2.76. The number of nitrogens with one attached hydrogen (secondary N) is 1. The molecule has 0 radical (unpaired) electrons. The Balaban J connectivity index is 1.33. The van der Waals surface area contributed by atoms with E-state index in [4.69, 9.17) is 21.3 Å². The summed E-state index contributed by atoms with van der Waals surface area (Å²) < 4.78 is 46.1. The lowest BCUT2D eigenvalue weighted by Crippen LogP contribution is -2.38. The van der Waals surface area contributed by atoms with Crippen molar-refractivity contribution in [1.82, 2.24) is 19.9 Å². The summed E-state index contributed by atoms with van der Waals surface area (Å²) in [5, 5.41) is 1.64. The maximum atomic E-state index is 13.5. The second-order valence-electron chi connectivity index (χ2n) is 9.74. The van der Waals surface area contributed by atoms with Crippen molar-refractivity contribution >= 4 is 34.3 Å². The number of halogens is 4. The smallest absolute Gasteiger partial charge is 0.374 e. The average molecular weight is 527 g/mol. The number of alkyl halides is 3. The molecule has 1 aromatic carbocycles. The maximum Gasteiger partial charge on any atom is 0.433 e. The molecule has 0 aliphatic carbocycles. The van der Waals surface area contributed by atoms with Crippen molar-refractivity contribution in [2.75, 3.05) is 29.5 Å². The average Bonchev–Trinajstić information content (AvgIpc) is 3.62. The molecule has 0 saturated carbocycles. The second kappa shape index (κ2) is 8.32. The van der Waals surface area contributed by atoms with Gasteiger partial charge in [0.1, 0.15) is 11.5 Å². The molecule has 3 atom stereocenters. The number of nitrogens with zero attached hydrogens (tertiary/aromatic N) is 5. The third kappa shape index (κ3) is 3.81. The van der Waals surface area contributed by atoms with E-state index in [-0.39, 0.29) is 12.1 Å². The van der Waals surface area contributed by atoms with Gasteiger partial charge < -0.3 is 19.5 Å². The zero-order chi connectivity index (χ0) is 25.3. The normalized spacial score (nSPS) is 23.2. The lowest BCUT2D eigenvalue weighted by Gasteiger charge is -2.36. The number of pyridine rings is 1. The number of hydrogen-bond acceptors (Lipinski definition) is 6. The van der Waals surface area contributed by atoms with Crippen LogP contribution in [0.25, 0.3) is 10.9 Å². The molecular weight excluding hydrogens is 505 g/mol. The number of aromatic nitrogens is 4. The standard InChI is InChI=1S/C26H22ClF3N6O/c27-15-2-3-20-19(9-15)18-6-8-35(25-31-7-5-21(34-25)26(28,29)30)24(23(18)33-20)14-1-4-22(32-11-14)36-12-17-10-16(36)13-37-17/h1-5,7,9,11,16-17,24,33H,6,8,10,12-13H2/t16-,17-,24?/m0/s1. The van der Waals surface area contributed by atoms with Crippen LogP contribution in [0.4, 0.5) is 24.9 Å². The van der Waals surface area contributed by atoms with E-state index in [9.17, 15) is 13.2 Å². The van der Waals surface area contributed by atoms with Crippen LogP contribution in [-0.4, -0.2) is 51.8 Å². The number of H-pyrrole nitrogens is 1. The molecule has 2 bridgehead atoms. The zero-order valence-electron chi connectivity index (χ0n) is 19.5. The molecule has 0 spiro atoms. The highest BCUT2D eigenvalue weighted by atomic mass is 35.5. The lowest BCUT2D eigenvalue weighted by atomic mass is 9.93. The summed E-state index contributed by atoms with van der Waals surface area (Å²) >= 11 is 6.29. The highest BCUT2D eigenvalue weighted by molar-refractivity contribution is 6.31. The first kappa shape index (κ1) is 22.8. The Kier molecular flexibility index (Phi) is 5.13. The van der Waals surface area contributed by atoms with E-state index < -0.39 is 17.9 Å². The van der Waals surface area contributed by atoms with Gasteiger partial charge in [-0.3, -0.25) is 0 Å². The van der Waals surface area contributed by atoms with Crippen LogP contribution in [-0.2, 0) is 17.3 Å². The highest BCUT2D eigenvalue weighted by Gasteiger charge is 2.40. The Morgan fingerprint density at radius 3 is 2.70 bits per heavy atom. The third-order valence-electron chi connectivity index (χ3n) is 7.56. The van der Waals surface area contributed by atoms with Crippen molar-refractivity contribution in [3.8, 4) is 0 Å². The number of aromatic amines is 1. The maximum absolute atomic E-state index is 13.5. The molecule has 3 aliphatic heterocycles. The van der Waals surface area contributed by atoms with E-state index >= 15 is 0 Å². The van der Waals surface area contributed by atoms with Crippen molar-refractivity contribution < 1.29 is 17.9 Å². The molecule has 11 heteroatoms. The van der Waals surface area contributed by atoms with Gasteiger partial charge in [0.25, 0.3) is 0 Å². The van der Waals surface area contributed by atoms with Crippen LogP contribution in [0.2, 0.25) is 5.02 Å². The minimum Gasteiger partial charge on any atom is -0.374 e. The summed E-state index contributed by atoms with van der Waals surface area (Å²) in [6.07, 6.45) is 0.268. The van der Waals surface area contributed by atoms with E-state index in [1.54, 1.807) is 6.20 Å². The molecule has 3 aromatic heterocycles. The molecule has 1 N–H and O–H groups in total. The zero-order valence-corrected chi connectivity index (χ0v) is 20.3. The Hall–Kier alpha value is -3.37. The van der Waals surface area contributed by atoms with E-state index in [1.165, 1.54) is 0 Å². The minimum absolute atomic E-state index is 0.0280. The minimum atomic E-state index is -4.56.